The number of thiazole rings is 1. The number of hydrogen-bond donors (Lipinski definition) is 1. The van der Waals surface area contributed by atoms with Gasteiger partial charge in [0.05, 0.1) is 30.5 Å². The molecule has 1 amide bonds. The molecule has 0 radical (unpaired) electrons. The molecule has 3 rings (SSSR count). The predicted molar refractivity (Wildman–Crippen MR) is 90.8 cm³/mol. The highest BCUT2D eigenvalue weighted by molar-refractivity contribution is 7.11. The molecule has 5 nitrogen and oxygen atoms in total. The van der Waals surface area contributed by atoms with Gasteiger partial charge in [-0.15, -0.1) is 11.3 Å². The molecule has 2 heterocycles. The van der Waals surface area contributed by atoms with Gasteiger partial charge in [-0.05, 0) is 12.5 Å². The molecule has 2 aromatic rings. The second kappa shape index (κ2) is 7.68. The molecule has 1 aromatic carbocycles. The summed E-state index contributed by atoms with van der Waals surface area (Å²) in [5.41, 5.74) is 3.71. The Bertz CT molecular complexity index is 638. The Hall–Kier alpha value is -1.76. The van der Waals surface area contributed by atoms with E-state index in [1.165, 1.54) is 16.9 Å². The molecule has 0 unspecified atom stereocenters. The fraction of sp³-hybridized carbons (Fsp3) is 0.412. The van der Waals surface area contributed by atoms with Crippen LogP contribution in [0.1, 0.15) is 27.0 Å². The van der Waals surface area contributed by atoms with Crippen molar-refractivity contribution in [1.82, 2.24) is 15.2 Å². The summed E-state index contributed by atoms with van der Waals surface area (Å²) in [5, 5.41) is 3.07. The standard InChI is InChI=1S/C17H21N3O2S/c1-13-16(23-12-19-13)17(21)18-11-15(14-5-3-2-4-6-14)20-7-9-22-10-8-20/h2-6,12,15H,7-11H2,1H3,(H,18,21)/t15-/m1/s1. The normalized spacial score (nSPS) is 16.9. The first-order valence-electron chi connectivity index (χ1n) is 7.80. The topological polar surface area (TPSA) is 54.5 Å². The molecule has 0 saturated carbocycles. The maximum absolute atomic E-state index is 12.4. The highest BCUT2D eigenvalue weighted by Gasteiger charge is 2.23. The first-order valence-corrected chi connectivity index (χ1v) is 8.68. The van der Waals surface area contributed by atoms with E-state index in [4.69, 9.17) is 4.74 Å². The molecule has 1 N–H and O–H groups in total. The molecular formula is C17H21N3O2S. The van der Waals surface area contributed by atoms with Gasteiger partial charge in [-0.2, -0.15) is 0 Å². The number of nitrogens with one attached hydrogen (secondary N) is 1. The van der Waals surface area contributed by atoms with Crippen LogP contribution < -0.4 is 5.32 Å². The quantitative estimate of drug-likeness (QED) is 0.913. The molecule has 0 bridgehead atoms. The van der Waals surface area contributed by atoms with E-state index < -0.39 is 0 Å². The van der Waals surface area contributed by atoms with Gasteiger partial charge in [0.15, 0.2) is 0 Å². The molecule has 122 valence electrons. The zero-order valence-corrected chi connectivity index (χ0v) is 14.0. The highest BCUT2D eigenvalue weighted by atomic mass is 32.1. The summed E-state index contributed by atoms with van der Waals surface area (Å²) in [6, 6.07) is 10.5. The van der Waals surface area contributed by atoms with Crippen molar-refractivity contribution < 1.29 is 9.53 Å². The van der Waals surface area contributed by atoms with Crippen LogP contribution in [0.15, 0.2) is 35.8 Å². The molecule has 1 atom stereocenters. The van der Waals surface area contributed by atoms with Gasteiger partial charge in [0.25, 0.3) is 5.91 Å². The third-order valence-electron chi connectivity index (χ3n) is 4.08. The molecule has 1 saturated heterocycles. The van der Waals surface area contributed by atoms with Crippen molar-refractivity contribution in [3.63, 3.8) is 0 Å². The van der Waals surface area contributed by atoms with Gasteiger partial charge in [-0.25, -0.2) is 4.98 Å². The molecule has 0 aliphatic carbocycles. The lowest BCUT2D eigenvalue weighted by Crippen LogP contribution is -2.43. The van der Waals surface area contributed by atoms with Crippen LogP contribution >= 0.6 is 11.3 Å². The summed E-state index contributed by atoms with van der Waals surface area (Å²) < 4.78 is 5.45. The summed E-state index contributed by atoms with van der Waals surface area (Å²) >= 11 is 1.38. The van der Waals surface area contributed by atoms with Gasteiger partial charge in [-0.3, -0.25) is 9.69 Å². The zero-order chi connectivity index (χ0) is 16.1. The lowest BCUT2D eigenvalue weighted by molar-refractivity contribution is 0.0162. The molecule has 0 spiro atoms. The van der Waals surface area contributed by atoms with E-state index in [-0.39, 0.29) is 11.9 Å². The molecule has 6 heteroatoms. The van der Waals surface area contributed by atoms with Gasteiger partial charge in [0.1, 0.15) is 4.88 Å². The van der Waals surface area contributed by atoms with E-state index in [2.05, 4.69) is 27.3 Å². The number of rotatable bonds is 5. The average molecular weight is 331 g/mol. The van der Waals surface area contributed by atoms with Crippen molar-refractivity contribution in [3.05, 3.63) is 52.0 Å². The zero-order valence-electron chi connectivity index (χ0n) is 13.2. The largest absolute Gasteiger partial charge is 0.379 e. The monoisotopic (exact) mass is 331 g/mol. The summed E-state index contributed by atoms with van der Waals surface area (Å²) in [4.78, 5) is 19.6. The van der Waals surface area contributed by atoms with Crippen LogP contribution in [0.4, 0.5) is 0 Å². The minimum absolute atomic E-state index is 0.0424. The van der Waals surface area contributed by atoms with Crippen LogP contribution in [-0.4, -0.2) is 48.6 Å². The molecular weight excluding hydrogens is 310 g/mol. The fourth-order valence-corrected chi connectivity index (χ4v) is 3.53. The van der Waals surface area contributed by atoms with E-state index >= 15 is 0 Å². The second-order valence-electron chi connectivity index (χ2n) is 5.55. The first kappa shape index (κ1) is 16.1. The van der Waals surface area contributed by atoms with Crippen molar-refractivity contribution in [2.45, 2.75) is 13.0 Å². The molecule has 1 aromatic heterocycles. The predicted octanol–water partition coefficient (Wildman–Crippen LogP) is 2.25. The maximum atomic E-state index is 12.4. The van der Waals surface area contributed by atoms with Crippen molar-refractivity contribution in [2.24, 2.45) is 0 Å². The molecule has 1 aliphatic rings. The Kier molecular flexibility index (Phi) is 5.38. The van der Waals surface area contributed by atoms with E-state index in [9.17, 15) is 4.79 Å². The first-order chi connectivity index (χ1) is 11.3. The van der Waals surface area contributed by atoms with Crippen LogP contribution in [0.25, 0.3) is 0 Å². The van der Waals surface area contributed by atoms with Crippen LogP contribution in [-0.2, 0) is 4.74 Å². The van der Waals surface area contributed by atoms with E-state index in [1.54, 1.807) is 5.51 Å². The minimum atomic E-state index is -0.0424. The van der Waals surface area contributed by atoms with Gasteiger partial charge in [-0.1, -0.05) is 30.3 Å². The summed E-state index contributed by atoms with van der Waals surface area (Å²) in [5.74, 6) is -0.0424. The molecule has 1 fully saturated rings. The number of morpholine rings is 1. The number of carbonyl (C=O) groups is 1. The van der Waals surface area contributed by atoms with E-state index in [0.717, 1.165) is 32.0 Å². The summed E-state index contributed by atoms with van der Waals surface area (Å²) in [6.45, 7) is 5.70. The van der Waals surface area contributed by atoms with E-state index in [1.807, 2.05) is 25.1 Å². The average Bonchev–Trinajstić information content (AvgIpc) is 3.03. The van der Waals surface area contributed by atoms with Crippen LogP contribution in [0.3, 0.4) is 0 Å². The number of amides is 1. The minimum Gasteiger partial charge on any atom is -0.379 e. The number of nitrogens with zero attached hydrogens (tertiary/aromatic N) is 2. The van der Waals surface area contributed by atoms with Crippen LogP contribution in [0.5, 0.6) is 0 Å². The highest BCUT2D eigenvalue weighted by Crippen LogP contribution is 2.21. The summed E-state index contributed by atoms with van der Waals surface area (Å²) in [7, 11) is 0. The molecule has 1 aliphatic heterocycles. The fourth-order valence-electron chi connectivity index (χ4n) is 2.81. The number of hydrogen-bond acceptors (Lipinski definition) is 5. The number of carbonyl (C=O) groups excluding carboxylic acids is 1. The Balaban J connectivity index is 1.71. The third kappa shape index (κ3) is 3.96. The number of aromatic nitrogens is 1. The Labute approximate surface area is 140 Å². The second-order valence-corrected chi connectivity index (χ2v) is 6.41. The summed E-state index contributed by atoms with van der Waals surface area (Å²) in [6.07, 6.45) is 0. The number of benzene rings is 1. The Morgan fingerprint density at radius 3 is 2.74 bits per heavy atom. The van der Waals surface area contributed by atoms with Crippen LogP contribution in [0.2, 0.25) is 0 Å². The van der Waals surface area contributed by atoms with Gasteiger partial charge in [0.2, 0.25) is 0 Å². The lowest BCUT2D eigenvalue weighted by atomic mass is 10.0. The van der Waals surface area contributed by atoms with Gasteiger partial charge < -0.3 is 10.1 Å². The van der Waals surface area contributed by atoms with E-state index in [0.29, 0.717) is 11.4 Å². The Morgan fingerprint density at radius 1 is 1.35 bits per heavy atom. The van der Waals surface area contributed by atoms with Gasteiger partial charge in [0, 0.05) is 19.6 Å². The Morgan fingerprint density at radius 2 is 2.09 bits per heavy atom. The van der Waals surface area contributed by atoms with Crippen molar-refractivity contribution in [2.75, 3.05) is 32.8 Å². The number of ether oxygens (including phenoxy) is 1. The maximum Gasteiger partial charge on any atom is 0.263 e. The molecule has 23 heavy (non-hydrogen) atoms. The third-order valence-corrected chi connectivity index (χ3v) is 5.01. The lowest BCUT2D eigenvalue weighted by Gasteiger charge is -2.34. The van der Waals surface area contributed by atoms with Crippen LogP contribution in [0, 0.1) is 6.92 Å². The smallest absolute Gasteiger partial charge is 0.263 e. The van der Waals surface area contributed by atoms with Crippen molar-refractivity contribution in [3.8, 4) is 0 Å². The van der Waals surface area contributed by atoms with Crippen molar-refractivity contribution in [1.29, 1.82) is 0 Å². The van der Waals surface area contributed by atoms with Gasteiger partial charge >= 0.3 is 0 Å². The van der Waals surface area contributed by atoms with Crippen molar-refractivity contribution >= 4 is 17.2 Å². The SMILES string of the molecule is Cc1ncsc1C(=O)NC[C@H](c1ccccc1)N1CCOCC1. The number of aryl methyl sites for hydroxylation is 1.